The molecule has 2 heterocycles. The van der Waals surface area contributed by atoms with Gasteiger partial charge in [-0.2, -0.15) is 26.3 Å². The van der Waals surface area contributed by atoms with Crippen molar-refractivity contribution in [3.63, 3.8) is 0 Å². The van der Waals surface area contributed by atoms with Crippen LogP contribution in [0.4, 0.5) is 26.3 Å². The lowest BCUT2D eigenvalue weighted by Crippen LogP contribution is -2.54. The molecule has 10 heteroatoms. The standard InChI is InChI=1S/C42H32F6N2O2.C2H6/c1-22(2)37-49-31-20-18-29-30-19-21-32-36(34(30)28-9-7-6-8-27(28)33(29)35(31)51-37)52-38(50-32)23-10-12-25(13-11-23)40(41(43,44)45,42(46,47)48)26-16-14-24(15-17-26)39(3,4)5;1-2/h6-22H,1-5H3;1-2H3. The van der Waals surface area contributed by atoms with E-state index in [1.807, 2.05) is 90.9 Å². The molecular weight excluding hydrogens is 702 g/mol. The van der Waals surface area contributed by atoms with Crippen molar-refractivity contribution >= 4 is 54.5 Å². The van der Waals surface area contributed by atoms with Crippen molar-refractivity contribution in [2.24, 2.45) is 0 Å². The number of benzene rings is 6. The summed E-state index contributed by atoms with van der Waals surface area (Å²) in [5.74, 6) is 0.785. The molecule has 0 amide bonds. The minimum atomic E-state index is -5.70. The van der Waals surface area contributed by atoms with Crippen LogP contribution in [0.3, 0.4) is 0 Å². The van der Waals surface area contributed by atoms with Crippen LogP contribution in [-0.2, 0) is 10.8 Å². The first-order valence-corrected chi connectivity index (χ1v) is 17.8. The van der Waals surface area contributed by atoms with E-state index in [1.165, 1.54) is 24.3 Å². The first-order chi connectivity index (χ1) is 25.5. The Hall–Kier alpha value is -5.38. The molecule has 0 aliphatic rings. The average Bonchev–Trinajstić information content (AvgIpc) is 3.77. The van der Waals surface area contributed by atoms with Crippen molar-refractivity contribution in [3.05, 3.63) is 120 Å². The Kier molecular flexibility index (Phi) is 8.82. The number of nitrogens with zero attached hydrogens (tertiary/aromatic N) is 2. The Morgan fingerprint density at radius 1 is 0.519 bits per heavy atom. The van der Waals surface area contributed by atoms with Crippen LogP contribution in [0.15, 0.2) is 106 Å². The molecule has 8 aromatic rings. The molecule has 0 N–H and O–H groups in total. The van der Waals surface area contributed by atoms with Gasteiger partial charge in [0.1, 0.15) is 11.0 Å². The van der Waals surface area contributed by atoms with Crippen molar-refractivity contribution in [1.82, 2.24) is 9.97 Å². The van der Waals surface area contributed by atoms with Crippen molar-refractivity contribution in [2.75, 3.05) is 0 Å². The first-order valence-electron chi connectivity index (χ1n) is 17.8. The van der Waals surface area contributed by atoms with Gasteiger partial charge in [0, 0.05) is 22.3 Å². The Balaban J connectivity index is 0.00000221. The van der Waals surface area contributed by atoms with E-state index in [1.54, 1.807) is 6.07 Å². The number of alkyl halides is 6. The monoisotopic (exact) mass is 740 g/mol. The van der Waals surface area contributed by atoms with Crippen LogP contribution < -0.4 is 0 Å². The maximum atomic E-state index is 14.9. The molecule has 0 fully saturated rings. The second-order valence-corrected chi connectivity index (χ2v) is 14.6. The summed E-state index contributed by atoms with van der Waals surface area (Å²) in [5.41, 5.74) is -3.42. The highest BCUT2D eigenvalue weighted by molar-refractivity contribution is 6.33. The summed E-state index contributed by atoms with van der Waals surface area (Å²) in [6.45, 7) is 13.5. The lowest BCUT2D eigenvalue weighted by atomic mass is 9.72. The fourth-order valence-electron chi connectivity index (χ4n) is 7.34. The largest absolute Gasteiger partial charge is 0.440 e. The van der Waals surface area contributed by atoms with Gasteiger partial charge in [-0.15, -0.1) is 0 Å². The van der Waals surface area contributed by atoms with E-state index in [2.05, 4.69) is 4.98 Å². The molecule has 6 aromatic carbocycles. The molecule has 8 rings (SSSR count). The van der Waals surface area contributed by atoms with E-state index >= 15 is 0 Å². The zero-order chi connectivity index (χ0) is 39.0. The molecule has 0 saturated carbocycles. The normalized spacial score (nSPS) is 13.1. The maximum absolute atomic E-state index is 14.9. The molecule has 0 aliphatic carbocycles. The summed E-state index contributed by atoms with van der Waals surface area (Å²) in [7, 11) is 0. The molecule has 0 unspecified atom stereocenters. The van der Waals surface area contributed by atoms with Crippen molar-refractivity contribution < 1.29 is 35.2 Å². The molecule has 0 radical (unpaired) electrons. The van der Waals surface area contributed by atoms with Crippen LogP contribution in [-0.4, -0.2) is 22.3 Å². The van der Waals surface area contributed by atoms with Gasteiger partial charge >= 0.3 is 12.4 Å². The van der Waals surface area contributed by atoms with Crippen LogP contribution in [0.2, 0.25) is 0 Å². The van der Waals surface area contributed by atoms with Gasteiger partial charge in [0.05, 0.1) is 0 Å². The summed E-state index contributed by atoms with van der Waals surface area (Å²) in [6.07, 6.45) is -11.4. The van der Waals surface area contributed by atoms with Gasteiger partial charge in [-0.25, -0.2) is 9.97 Å². The Labute approximate surface area is 307 Å². The Morgan fingerprint density at radius 2 is 0.944 bits per heavy atom. The Bertz CT molecular complexity index is 2620. The first kappa shape index (κ1) is 37.0. The number of fused-ring (bicyclic) bond motifs is 10. The average molecular weight is 741 g/mol. The molecule has 4 nitrogen and oxygen atoms in total. The SMILES string of the molecule is CC.CC(C)c1nc2ccc3c4ccc5nc(-c6ccc(C(c7ccc(C(C)(C)C)cc7)(C(F)(F)F)C(F)(F)F)cc6)oc5c4c4ccccc4c3c2o1. The maximum Gasteiger partial charge on any atom is 0.411 e. The van der Waals surface area contributed by atoms with Crippen molar-refractivity contribution in [3.8, 4) is 11.5 Å². The van der Waals surface area contributed by atoms with Crippen LogP contribution >= 0.6 is 0 Å². The fourth-order valence-corrected chi connectivity index (χ4v) is 7.34. The number of rotatable bonds is 4. The smallest absolute Gasteiger partial charge is 0.411 e. The van der Waals surface area contributed by atoms with E-state index < -0.39 is 34.3 Å². The fraction of sp³-hybridized carbons (Fsp3) is 0.273. The lowest BCUT2D eigenvalue weighted by Gasteiger charge is -2.38. The molecular formula is C44H38F6N2O2. The van der Waals surface area contributed by atoms with Crippen molar-refractivity contribution in [2.45, 2.75) is 77.6 Å². The van der Waals surface area contributed by atoms with Gasteiger partial charge in [-0.1, -0.05) is 121 Å². The molecule has 54 heavy (non-hydrogen) atoms. The van der Waals surface area contributed by atoms with Gasteiger partial charge in [0.2, 0.25) is 11.3 Å². The molecule has 2 aromatic heterocycles. The highest BCUT2D eigenvalue weighted by Gasteiger charge is 2.72. The van der Waals surface area contributed by atoms with E-state index in [0.717, 1.165) is 62.1 Å². The number of aromatic nitrogens is 2. The van der Waals surface area contributed by atoms with Gasteiger partial charge < -0.3 is 8.83 Å². The quantitative estimate of drug-likeness (QED) is 0.133. The highest BCUT2D eigenvalue weighted by Crippen LogP contribution is 2.56. The Morgan fingerprint density at radius 3 is 1.41 bits per heavy atom. The lowest BCUT2D eigenvalue weighted by molar-refractivity contribution is -0.288. The number of halogens is 6. The zero-order valence-electron chi connectivity index (χ0n) is 30.8. The van der Waals surface area contributed by atoms with E-state index in [4.69, 9.17) is 13.8 Å². The van der Waals surface area contributed by atoms with E-state index in [-0.39, 0.29) is 17.4 Å². The summed E-state index contributed by atoms with van der Waals surface area (Å²) in [5, 5.41) is 5.21. The van der Waals surface area contributed by atoms with Crippen LogP contribution in [0.5, 0.6) is 0 Å². The second kappa shape index (κ2) is 12.9. The predicted octanol–water partition coefficient (Wildman–Crippen LogP) is 14.0. The van der Waals surface area contributed by atoms with Crippen molar-refractivity contribution in [1.29, 1.82) is 0 Å². The third-order valence-corrected chi connectivity index (χ3v) is 9.98. The zero-order valence-corrected chi connectivity index (χ0v) is 30.8. The van der Waals surface area contributed by atoms with Gasteiger partial charge in [0.15, 0.2) is 17.1 Å². The molecule has 0 atom stereocenters. The third kappa shape index (κ3) is 5.60. The van der Waals surface area contributed by atoms with E-state index in [0.29, 0.717) is 28.1 Å². The molecule has 0 aliphatic heterocycles. The van der Waals surface area contributed by atoms with Crippen LogP contribution in [0.1, 0.15) is 77.0 Å². The number of hydrogen-bond acceptors (Lipinski definition) is 4. The van der Waals surface area contributed by atoms with Crippen LogP contribution in [0, 0.1) is 0 Å². The van der Waals surface area contributed by atoms with Gasteiger partial charge in [0.25, 0.3) is 0 Å². The van der Waals surface area contributed by atoms with Gasteiger partial charge in [-0.05, 0) is 67.9 Å². The third-order valence-electron chi connectivity index (χ3n) is 9.98. The highest BCUT2D eigenvalue weighted by atomic mass is 19.4. The van der Waals surface area contributed by atoms with Gasteiger partial charge in [-0.3, -0.25) is 0 Å². The molecule has 0 spiro atoms. The minimum absolute atomic E-state index is 0.0598. The number of hydrogen-bond donors (Lipinski definition) is 0. The number of oxazole rings is 2. The topological polar surface area (TPSA) is 52.1 Å². The minimum Gasteiger partial charge on any atom is -0.440 e. The summed E-state index contributed by atoms with van der Waals surface area (Å²) < 4.78 is 102. The molecule has 278 valence electrons. The molecule has 0 saturated heterocycles. The van der Waals surface area contributed by atoms with E-state index in [9.17, 15) is 26.3 Å². The molecule has 0 bridgehead atoms. The summed E-state index contributed by atoms with van der Waals surface area (Å²) in [4.78, 5) is 9.33. The summed E-state index contributed by atoms with van der Waals surface area (Å²) in [6, 6.07) is 24.0. The predicted molar refractivity (Wildman–Crippen MR) is 203 cm³/mol. The second-order valence-electron chi connectivity index (χ2n) is 14.6. The summed E-state index contributed by atoms with van der Waals surface area (Å²) >= 11 is 0. The van der Waals surface area contributed by atoms with Crippen LogP contribution in [0.25, 0.3) is 66.0 Å².